The predicted octanol–water partition coefficient (Wildman–Crippen LogP) is 17.8. The molecule has 0 amide bonds. The summed E-state index contributed by atoms with van der Waals surface area (Å²) >= 11 is 0. The van der Waals surface area contributed by atoms with Gasteiger partial charge in [-0.05, 0) is 122 Å². The summed E-state index contributed by atoms with van der Waals surface area (Å²) in [5.74, 6) is 0.309. The van der Waals surface area contributed by atoms with Gasteiger partial charge in [-0.2, -0.15) is 0 Å². The first kappa shape index (κ1) is 42.9. The van der Waals surface area contributed by atoms with E-state index >= 15 is 0 Å². The molecule has 2 atom stereocenters. The van der Waals surface area contributed by atoms with Gasteiger partial charge in [0, 0.05) is 34.4 Å². The largest absolute Gasteiger partial charge is 0.331 e. The van der Waals surface area contributed by atoms with Crippen LogP contribution in [0.15, 0.2) is 297 Å². The van der Waals surface area contributed by atoms with Gasteiger partial charge in [-0.15, -0.1) is 0 Å². The summed E-state index contributed by atoms with van der Waals surface area (Å²) in [6.07, 6.45) is 19.1. The van der Waals surface area contributed by atoms with Gasteiger partial charge in [-0.25, -0.2) is 0 Å². The van der Waals surface area contributed by atoms with E-state index in [0.29, 0.717) is 5.92 Å². The molecule has 0 fully saturated rings. The molecule has 0 radical (unpaired) electrons. The normalized spacial score (nSPS) is 15.2. The molecule has 2 unspecified atom stereocenters. The minimum atomic E-state index is -0.0175. The van der Waals surface area contributed by atoms with E-state index in [1.165, 1.54) is 66.9 Å². The number of rotatable bonds is 12. The van der Waals surface area contributed by atoms with Crippen molar-refractivity contribution in [2.24, 2.45) is 0 Å². The zero-order valence-electron chi connectivity index (χ0n) is 38.5. The summed E-state index contributed by atoms with van der Waals surface area (Å²) in [6.45, 7) is 0. The van der Waals surface area contributed by atoms with E-state index in [9.17, 15) is 0 Å². The fourth-order valence-corrected chi connectivity index (χ4v) is 9.69. The minimum absolute atomic E-state index is 0.0175. The molecule has 69 heavy (non-hydrogen) atoms. The highest BCUT2D eigenvalue weighted by Crippen LogP contribution is 2.40. The first-order valence-corrected chi connectivity index (χ1v) is 24.0. The van der Waals surface area contributed by atoms with Crippen molar-refractivity contribution in [3.63, 3.8) is 0 Å². The topological polar surface area (TPSA) is 6.48 Å². The average Bonchev–Trinajstić information content (AvgIpc) is 3.69. The van der Waals surface area contributed by atoms with Crippen LogP contribution in [0.2, 0.25) is 0 Å². The lowest BCUT2D eigenvalue weighted by Crippen LogP contribution is -2.27. The van der Waals surface area contributed by atoms with Crippen molar-refractivity contribution in [2.75, 3.05) is 9.80 Å². The Morgan fingerprint density at radius 2 is 0.754 bits per heavy atom. The molecule has 2 aliphatic carbocycles. The molecule has 9 aromatic carbocycles. The Balaban J connectivity index is 0.848. The molecule has 0 heterocycles. The van der Waals surface area contributed by atoms with Crippen molar-refractivity contribution >= 4 is 28.3 Å². The van der Waals surface area contributed by atoms with E-state index in [1.807, 2.05) is 0 Å². The van der Waals surface area contributed by atoms with E-state index in [-0.39, 0.29) is 6.04 Å². The Morgan fingerprint density at radius 3 is 1.30 bits per heavy atom. The summed E-state index contributed by atoms with van der Waals surface area (Å²) in [6, 6.07) is 87.5. The van der Waals surface area contributed by atoms with Gasteiger partial charge in [0.2, 0.25) is 0 Å². The smallest absolute Gasteiger partial charge is 0.0712 e. The van der Waals surface area contributed by atoms with Crippen LogP contribution in [-0.4, -0.2) is 6.04 Å². The van der Waals surface area contributed by atoms with Gasteiger partial charge >= 0.3 is 0 Å². The molecule has 2 heteroatoms. The maximum atomic E-state index is 2.43. The number of benzene rings is 9. The average molecular weight is 885 g/mol. The number of nitrogens with zero attached hydrogens (tertiary/aromatic N) is 2. The monoisotopic (exact) mass is 884 g/mol. The third-order valence-corrected chi connectivity index (χ3v) is 13.3. The van der Waals surface area contributed by atoms with Crippen molar-refractivity contribution in [3.8, 4) is 44.5 Å². The van der Waals surface area contributed by atoms with Gasteiger partial charge in [0.1, 0.15) is 0 Å². The predicted molar refractivity (Wildman–Crippen MR) is 293 cm³/mol. The van der Waals surface area contributed by atoms with Gasteiger partial charge in [0.25, 0.3) is 0 Å². The van der Waals surface area contributed by atoms with Crippen LogP contribution in [0.5, 0.6) is 0 Å². The Hall–Kier alpha value is -8.72. The Morgan fingerprint density at radius 1 is 0.319 bits per heavy atom. The van der Waals surface area contributed by atoms with Crippen molar-refractivity contribution in [3.05, 3.63) is 308 Å². The molecule has 0 spiro atoms. The van der Waals surface area contributed by atoms with Crippen LogP contribution < -0.4 is 9.80 Å². The second-order valence-corrected chi connectivity index (χ2v) is 17.7. The highest BCUT2D eigenvalue weighted by molar-refractivity contribution is 5.81. The Bertz CT molecular complexity index is 3290. The fourth-order valence-electron chi connectivity index (χ4n) is 9.69. The summed E-state index contributed by atoms with van der Waals surface area (Å²) < 4.78 is 0. The van der Waals surface area contributed by atoms with Crippen molar-refractivity contribution in [2.45, 2.75) is 18.4 Å². The molecular weight excluding hydrogens is 833 g/mol. The molecule has 11 rings (SSSR count). The quantitative estimate of drug-likeness (QED) is 0.121. The summed E-state index contributed by atoms with van der Waals surface area (Å²) in [7, 11) is 0. The highest BCUT2D eigenvalue weighted by Gasteiger charge is 2.22. The minimum Gasteiger partial charge on any atom is -0.331 e. The van der Waals surface area contributed by atoms with Crippen molar-refractivity contribution < 1.29 is 0 Å². The summed E-state index contributed by atoms with van der Waals surface area (Å²) in [5, 5.41) is 0. The van der Waals surface area contributed by atoms with Crippen LogP contribution >= 0.6 is 0 Å². The number of anilines is 4. The first-order valence-electron chi connectivity index (χ1n) is 24.0. The molecule has 0 aromatic heterocycles. The van der Waals surface area contributed by atoms with E-state index in [2.05, 4.69) is 301 Å². The van der Waals surface area contributed by atoms with Crippen LogP contribution in [0, 0.1) is 0 Å². The number of allylic oxidation sites excluding steroid dienone is 8. The van der Waals surface area contributed by atoms with Crippen LogP contribution in [0.3, 0.4) is 0 Å². The van der Waals surface area contributed by atoms with Gasteiger partial charge in [0.15, 0.2) is 0 Å². The maximum Gasteiger partial charge on any atom is 0.0712 e. The molecule has 0 saturated carbocycles. The van der Waals surface area contributed by atoms with E-state index < -0.39 is 0 Å². The highest BCUT2D eigenvalue weighted by atomic mass is 15.2. The van der Waals surface area contributed by atoms with Crippen molar-refractivity contribution in [1.29, 1.82) is 0 Å². The molecular formula is C67H52N2. The lowest BCUT2D eigenvalue weighted by atomic mass is 9.90. The lowest BCUT2D eigenvalue weighted by molar-refractivity contribution is 0.794. The molecule has 0 N–H and O–H groups in total. The zero-order valence-corrected chi connectivity index (χ0v) is 38.5. The van der Waals surface area contributed by atoms with Crippen LogP contribution in [0.1, 0.15) is 23.5 Å². The fraction of sp³-hybridized carbons (Fsp3) is 0.0448. The van der Waals surface area contributed by atoms with Gasteiger partial charge in [-0.1, -0.05) is 237 Å². The van der Waals surface area contributed by atoms with Gasteiger partial charge in [-0.3, -0.25) is 0 Å². The van der Waals surface area contributed by atoms with E-state index in [1.54, 1.807) is 0 Å². The SMILES string of the molecule is C1=CC(c2ccccc2)CC(N(c2ccc(-c3ccccc3)cc2)c2ccc(-c3ccc(C4=CC=CC(N(c5ccc(-c6ccccc6)cc5)c5cccc(-c6ccccc6)c5)C=C4)cc3)cc2)=C1. The number of hydrogen-bond acceptors (Lipinski definition) is 2. The summed E-state index contributed by atoms with van der Waals surface area (Å²) in [5.41, 5.74) is 19.1. The Labute approximate surface area is 407 Å². The molecule has 0 aliphatic heterocycles. The van der Waals surface area contributed by atoms with Crippen LogP contribution in [-0.2, 0) is 0 Å². The van der Waals surface area contributed by atoms with Gasteiger partial charge < -0.3 is 9.80 Å². The third kappa shape index (κ3) is 9.61. The second-order valence-electron chi connectivity index (χ2n) is 17.7. The van der Waals surface area contributed by atoms with Crippen LogP contribution in [0.25, 0.3) is 50.1 Å². The summed E-state index contributed by atoms with van der Waals surface area (Å²) in [4.78, 5) is 4.86. The van der Waals surface area contributed by atoms with E-state index in [0.717, 1.165) is 29.2 Å². The van der Waals surface area contributed by atoms with Gasteiger partial charge in [0.05, 0.1) is 6.04 Å². The standard InChI is InChI=1S/C67H52N2/c1-5-16-50(17-6-1)57-35-42-63(43-36-57)68(66-28-14-25-60(48-66)52-20-9-3-10-21-52)62-27-13-24-54(34-41-62)55-30-32-56(33-31-55)59-39-46-65(47-40-59)69(64-44-37-58(38-45-64)51-18-7-2-8-19-51)67-29-15-26-61(49-67)53-22-11-4-12-23-53/h1-48,61-62H,49H2. The number of hydrogen-bond donors (Lipinski definition) is 0. The zero-order chi connectivity index (χ0) is 46.2. The first-order chi connectivity index (χ1) is 34.2. The van der Waals surface area contributed by atoms with Crippen molar-refractivity contribution in [1.82, 2.24) is 0 Å². The molecule has 2 nitrogen and oxygen atoms in total. The molecule has 2 aliphatic rings. The molecule has 0 saturated heterocycles. The lowest BCUT2D eigenvalue weighted by Gasteiger charge is -2.31. The second kappa shape index (κ2) is 20.0. The molecule has 9 aromatic rings. The van der Waals surface area contributed by atoms with E-state index in [4.69, 9.17) is 0 Å². The van der Waals surface area contributed by atoms with Crippen LogP contribution in [0.4, 0.5) is 22.7 Å². The third-order valence-electron chi connectivity index (χ3n) is 13.3. The maximum absolute atomic E-state index is 2.43. The Kier molecular flexibility index (Phi) is 12.4. The molecule has 0 bridgehead atoms. The molecule has 330 valence electrons.